The van der Waals surface area contributed by atoms with Gasteiger partial charge >= 0.3 is 6.09 Å². The Morgan fingerprint density at radius 3 is 2.26 bits per heavy atom. The summed E-state index contributed by atoms with van der Waals surface area (Å²) in [6.07, 6.45) is 5.24. The largest absolute Gasteiger partial charge is 0.444 e. The number of hydrogen-bond acceptors (Lipinski definition) is 4. The second kappa shape index (κ2) is 9.24. The van der Waals surface area contributed by atoms with Gasteiger partial charge in [0.05, 0.1) is 0 Å². The first kappa shape index (κ1) is 21.3. The van der Waals surface area contributed by atoms with Gasteiger partial charge in [-0.3, -0.25) is 9.59 Å². The van der Waals surface area contributed by atoms with E-state index in [1.165, 1.54) is 18.4 Å². The predicted octanol–water partition coefficient (Wildman–Crippen LogP) is 2.22. The van der Waals surface area contributed by atoms with Gasteiger partial charge in [-0.05, 0) is 65.2 Å². The number of nitrogens with one attached hydrogen (secondary N) is 2. The molecule has 1 heterocycles. The van der Waals surface area contributed by atoms with Gasteiger partial charge in [0.1, 0.15) is 12.1 Å². The zero-order valence-electron chi connectivity index (χ0n) is 17.0. The highest BCUT2D eigenvalue weighted by Gasteiger charge is 2.25. The number of allylic oxidation sites excluding steroid dienone is 1. The van der Waals surface area contributed by atoms with Crippen LogP contribution in [0.2, 0.25) is 0 Å². The fourth-order valence-electron chi connectivity index (χ4n) is 3.12. The van der Waals surface area contributed by atoms with E-state index in [0.29, 0.717) is 31.5 Å². The molecule has 0 aromatic rings. The molecule has 152 valence electrons. The number of ether oxygens (including phenoxy) is 1. The van der Waals surface area contributed by atoms with Gasteiger partial charge in [-0.2, -0.15) is 0 Å². The molecule has 0 radical (unpaired) electrons. The second-order valence-corrected chi connectivity index (χ2v) is 8.59. The minimum Gasteiger partial charge on any atom is -0.444 e. The van der Waals surface area contributed by atoms with E-state index in [4.69, 9.17) is 4.74 Å². The van der Waals surface area contributed by atoms with Crippen molar-refractivity contribution < 1.29 is 19.1 Å². The van der Waals surface area contributed by atoms with Crippen LogP contribution in [0, 0.1) is 11.8 Å². The van der Waals surface area contributed by atoms with Crippen molar-refractivity contribution in [2.75, 3.05) is 26.2 Å². The van der Waals surface area contributed by atoms with E-state index in [1.54, 1.807) is 31.7 Å². The summed E-state index contributed by atoms with van der Waals surface area (Å²) in [5.41, 5.74) is 0.591. The van der Waals surface area contributed by atoms with Crippen LogP contribution in [0.3, 0.4) is 0 Å². The van der Waals surface area contributed by atoms with E-state index in [0.717, 1.165) is 12.8 Å². The van der Waals surface area contributed by atoms with E-state index in [1.807, 2.05) is 6.92 Å². The van der Waals surface area contributed by atoms with Crippen LogP contribution in [0.1, 0.15) is 53.4 Å². The highest BCUT2D eigenvalue weighted by atomic mass is 16.6. The summed E-state index contributed by atoms with van der Waals surface area (Å²) in [5, 5.41) is 5.48. The standard InChI is InChI=1S/C20H33N3O4/c1-14(16-5-6-16)11-17(24)21-12-15-7-9-23(10-8-15)18(25)13-22-19(26)27-20(2,3)4/h11,15-16H,5-10,12-13H2,1-4H3,(H,21,24)(H,22,26)/b14-11+. The molecule has 1 aliphatic carbocycles. The third-order valence-corrected chi connectivity index (χ3v) is 4.90. The van der Waals surface area contributed by atoms with Crippen molar-refractivity contribution in [1.29, 1.82) is 0 Å². The molecule has 0 atom stereocenters. The summed E-state index contributed by atoms with van der Waals surface area (Å²) < 4.78 is 5.13. The molecule has 1 saturated carbocycles. The second-order valence-electron chi connectivity index (χ2n) is 8.59. The Labute approximate surface area is 161 Å². The van der Waals surface area contributed by atoms with Crippen molar-refractivity contribution in [3.05, 3.63) is 11.6 Å². The number of carbonyl (C=O) groups is 3. The topological polar surface area (TPSA) is 87.7 Å². The molecule has 1 saturated heterocycles. The maximum Gasteiger partial charge on any atom is 0.408 e. The molecule has 7 heteroatoms. The van der Waals surface area contributed by atoms with Gasteiger partial charge < -0.3 is 20.3 Å². The number of likely N-dealkylation sites (tertiary alicyclic amines) is 1. The van der Waals surface area contributed by atoms with E-state index in [2.05, 4.69) is 10.6 Å². The maximum atomic E-state index is 12.2. The zero-order chi connectivity index (χ0) is 20.0. The van der Waals surface area contributed by atoms with Crippen LogP contribution < -0.4 is 10.6 Å². The summed E-state index contributed by atoms with van der Waals surface area (Å²) in [4.78, 5) is 37.5. The normalized spacial score (nSPS) is 18.8. The van der Waals surface area contributed by atoms with Gasteiger partial charge in [0.2, 0.25) is 11.8 Å². The molecule has 1 aliphatic heterocycles. The average Bonchev–Trinajstić information content (AvgIpc) is 3.42. The van der Waals surface area contributed by atoms with Crippen molar-refractivity contribution in [3.8, 4) is 0 Å². The van der Waals surface area contributed by atoms with Crippen LogP contribution in [0.5, 0.6) is 0 Å². The van der Waals surface area contributed by atoms with Crippen molar-refractivity contribution in [1.82, 2.24) is 15.5 Å². The van der Waals surface area contributed by atoms with Gasteiger partial charge in [0.25, 0.3) is 0 Å². The number of nitrogens with zero attached hydrogens (tertiary/aromatic N) is 1. The highest BCUT2D eigenvalue weighted by Crippen LogP contribution is 2.35. The minimum absolute atomic E-state index is 0.0144. The van der Waals surface area contributed by atoms with Crippen LogP contribution in [-0.4, -0.2) is 54.6 Å². The summed E-state index contributed by atoms with van der Waals surface area (Å²) in [5.74, 6) is 0.872. The fourth-order valence-corrected chi connectivity index (χ4v) is 3.12. The molecule has 2 fully saturated rings. The number of hydrogen-bond donors (Lipinski definition) is 2. The molecule has 0 unspecified atom stereocenters. The molecule has 2 N–H and O–H groups in total. The van der Waals surface area contributed by atoms with E-state index >= 15 is 0 Å². The van der Waals surface area contributed by atoms with Crippen LogP contribution >= 0.6 is 0 Å². The molecule has 0 spiro atoms. The molecular formula is C20H33N3O4. The monoisotopic (exact) mass is 379 g/mol. The van der Waals surface area contributed by atoms with E-state index in [-0.39, 0.29) is 18.4 Å². The van der Waals surface area contributed by atoms with Crippen LogP contribution in [0.15, 0.2) is 11.6 Å². The lowest BCUT2D eigenvalue weighted by Gasteiger charge is -2.32. The molecule has 3 amide bonds. The summed E-state index contributed by atoms with van der Waals surface area (Å²) >= 11 is 0. The third-order valence-electron chi connectivity index (χ3n) is 4.90. The minimum atomic E-state index is -0.581. The Kier molecular flexibility index (Phi) is 7.27. The number of rotatable bonds is 6. The smallest absolute Gasteiger partial charge is 0.408 e. The first-order valence-electron chi connectivity index (χ1n) is 9.84. The summed E-state index contributed by atoms with van der Waals surface area (Å²) in [6.45, 7) is 9.24. The first-order chi connectivity index (χ1) is 12.6. The fraction of sp³-hybridized carbons (Fsp3) is 0.750. The van der Waals surface area contributed by atoms with Crippen LogP contribution in [0.4, 0.5) is 4.79 Å². The van der Waals surface area contributed by atoms with Crippen molar-refractivity contribution in [3.63, 3.8) is 0 Å². The number of piperidine rings is 1. The van der Waals surface area contributed by atoms with Crippen molar-refractivity contribution in [2.24, 2.45) is 11.8 Å². The van der Waals surface area contributed by atoms with E-state index in [9.17, 15) is 14.4 Å². The average molecular weight is 380 g/mol. The molecular weight excluding hydrogens is 346 g/mol. The van der Waals surface area contributed by atoms with Crippen molar-refractivity contribution >= 4 is 17.9 Å². The Morgan fingerprint density at radius 2 is 1.70 bits per heavy atom. The first-order valence-corrected chi connectivity index (χ1v) is 9.84. The third kappa shape index (κ3) is 8.01. The van der Waals surface area contributed by atoms with Gasteiger partial charge in [-0.25, -0.2) is 4.79 Å². The lowest BCUT2D eigenvalue weighted by molar-refractivity contribution is -0.131. The van der Waals surface area contributed by atoms with Gasteiger partial charge in [0.15, 0.2) is 0 Å². The molecule has 2 rings (SSSR count). The number of amides is 3. The highest BCUT2D eigenvalue weighted by molar-refractivity contribution is 5.88. The van der Waals surface area contributed by atoms with Crippen LogP contribution in [0.25, 0.3) is 0 Å². The zero-order valence-corrected chi connectivity index (χ0v) is 17.0. The molecule has 0 bridgehead atoms. The van der Waals surface area contributed by atoms with Crippen molar-refractivity contribution in [2.45, 2.75) is 59.0 Å². The summed E-state index contributed by atoms with van der Waals surface area (Å²) in [6, 6.07) is 0. The van der Waals surface area contributed by atoms with Gasteiger partial charge in [-0.1, -0.05) is 5.57 Å². The predicted molar refractivity (Wildman–Crippen MR) is 103 cm³/mol. The molecule has 0 aromatic carbocycles. The summed E-state index contributed by atoms with van der Waals surface area (Å²) in [7, 11) is 0. The maximum absolute atomic E-state index is 12.2. The van der Waals surface area contributed by atoms with Gasteiger partial charge in [-0.15, -0.1) is 0 Å². The quantitative estimate of drug-likeness (QED) is 0.693. The van der Waals surface area contributed by atoms with Gasteiger partial charge in [0, 0.05) is 25.7 Å². The Balaban J connectivity index is 1.62. The van der Waals surface area contributed by atoms with Crippen LogP contribution in [-0.2, 0) is 14.3 Å². The SMILES string of the molecule is C/C(=C\C(=O)NCC1CCN(C(=O)CNC(=O)OC(C)(C)C)CC1)C1CC1. The number of alkyl carbamates (subject to hydrolysis) is 1. The lowest BCUT2D eigenvalue weighted by Crippen LogP contribution is -2.46. The molecule has 2 aliphatic rings. The van der Waals surface area contributed by atoms with E-state index < -0.39 is 11.7 Å². The molecule has 7 nitrogen and oxygen atoms in total. The lowest BCUT2D eigenvalue weighted by atomic mass is 9.96. The Hall–Kier alpha value is -2.05. The molecule has 0 aromatic heterocycles. The Morgan fingerprint density at radius 1 is 1.07 bits per heavy atom. The Bertz CT molecular complexity index is 583. The molecule has 27 heavy (non-hydrogen) atoms. The number of carbonyl (C=O) groups excluding carboxylic acids is 3.